The van der Waals surface area contributed by atoms with E-state index in [9.17, 15) is 31.7 Å². The van der Waals surface area contributed by atoms with Crippen LogP contribution in [0, 0.1) is 20.9 Å². The first-order chi connectivity index (χ1) is 12.6. The number of hydrogen-bond acceptors (Lipinski definition) is 6. The van der Waals surface area contributed by atoms with E-state index in [0.717, 1.165) is 25.0 Å². The van der Waals surface area contributed by atoms with E-state index in [1.807, 2.05) is 6.92 Å². The van der Waals surface area contributed by atoms with Crippen LogP contribution >= 0.6 is 0 Å². The van der Waals surface area contributed by atoms with Gasteiger partial charge in [-0.25, -0.2) is 8.42 Å². The topological polar surface area (TPSA) is 115 Å². The molecule has 0 amide bonds. The molecular weight excluding hydrogens is 399 g/mol. The molecule has 1 aromatic rings. The van der Waals surface area contributed by atoms with Crippen LogP contribution in [-0.4, -0.2) is 31.4 Å². The number of halogens is 3. The highest BCUT2D eigenvalue weighted by molar-refractivity contribution is 7.92. The molecule has 1 fully saturated rings. The molecule has 0 spiro atoms. The molecule has 0 aliphatic heterocycles. The van der Waals surface area contributed by atoms with Crippen LogP contribution in [0.15, 0.2) is 23.1 Å². The number of alkyl halides is 3. The third-order valence-corrected chi connectivity index (χ3v) is 6.45. The summed E-state index contributed by atoms with van der Waals surface area (Å²) >= 11 is 0. The van der Waals surface area contributed by atoms with E-state index in [0.29, 0.717) is 19.0 Å². The van der Waals surface area contributed by atoms with Gasteiger partial charge in [0, 0.05) is 18.7 Å². The first-order valence-electron chi connectivity index (χ1n) is 8.66. The van der Waals surface area contributed by atoms with E-state index in [1.54, 1.807) is 0 Å². The van der Waals surface area contributed by atoms with E-state index in [1.165, 1.54) is 0 Å². The van der Waals surface area contributed by atoms with Gasteiger partial charge in [0.25, 0.3) is 15.5 Å². The Morgan fingerprint density at radius 1 is 1.29 bits per heavy atom. The summed E-state index contributed by atoms with van der Waals surface area (Å²) in [6.07, 6.45) is 2.36. The van der Waals surface area contributed by atoms with Crippen molar-refractivity contribution in [2.45, 2.75) is 56.5 Å². The average Bonchev–Trinajstić information content (AvgIpc) is 2.49. The predicted octanol–water partition coefficient (Wildman–Crippen LogP) is 3.84. The molecule has 158 valence electrons. The minimum atomic E-state index is -5.67. The molecule has 1 saturated carbocycles. The number of anilines is 1. The van der Waals surface area contributed by atoms with Crippen molar-refractivity contribution in [2.75, 3.05) is 11.9 Å². The smallest absolute Gasteiger partial charge is 0.379 e. The first-order valence-corrected chi connectivity index (χ1v) is 10.1. The molecule has 0 unspecified atom stereocenters. The summed E-state index contributed by atoms with van der Waals surface area (Å²) in [7, 11) is -5.67. The standard InChI is InChI=1S/C17H24F3N3O4S/c1-15(2)7-11(21)8-16(3,9-15)10-22-13-5-4-12(6-14(13)23(24)25)28(26,27)17(18,19)20/h4-6,11,22H,7-10,21H2,1-3H3/t11-,16-/m0/s1. The van der Waals surface area contributed by atoms with E-state index in [4.69, 9.17) is 5.73 Å². The average molecular weight is 423 g/mol. The van der Waals surface area contributed by atoms with Gasteiger partial charge in [-0.2, -0.15) is 13.2 Å². The normalized spacial score (nSPS) is 25.3. The van der Waals surface area contributed by atoms with Gasteiger partial charge in [-0.3, -0.25) is 10.1 Å². The zero-order valence-corrected chi connectivity index (χ0v) is 16.7. The van der Waals surface area contributed by atoms with Crippen molar-refractivity contribution >= 4 is 21.2 Å². The van der Waals surface area contributed by atoms with E-state index in [-0.39, 0.29) is 22.6 Å². The lowest BCUT2D eigenvalue weighted by atomic mass is 9.63. The molecule has 3 N–H and O–H groups in total. The minimum absolute atomic E-state index is 0.00925. The van der Waals surface area contributed by atoms with Gasteiger partial charge >= 0.3 is 5.51 Å². The molecule has 0 aromatic heterocycles. The molecule has 1 aliphatic rings. The molecule has 7 nitrogen and oxygen atoms in total. The number of nitrogens with one attached hydrogen (secondary N) is 1. The monoisotopic (exact) mass is 423 g/mol. The maximum Gasteiger partial charge on any atom is 0.501 e. The van der Waals surface area contributed by atoms with E-state index >= 15 is 0 Å². The van der Waals surface area contributed by atoms with E-state index in [2.05, 4.69) is 19.2 Å². The minimum Gasteiger partial charge on any atom is -0.379 e. The number of hydrogen-bond donors (Lipinski definition) is 2. The highest BCUT2D eigenvalue weighted by atomic mass is 32.2. The van der Waals surface area contributed by atoms with Gasteiger partial charge in [0.05, 0.1) is 9.82 Å². The Balaban J connectivity index is 2.31. The second kappa shape index (κ2) is 7.18. The van der Waals surface area contributed by atoms with Gasteiger partial charge in [-0.15, -0.1) is 0 Å². The molecule has 2 rings (SSSR count). The summed E-state index contributed by atoms with van der Waals surface area (Å²) in [5.41, 5.74) is -0.450. The molecule has 0 saturated heterocycles. The fourth-order valence-corrected chi connectivity index (χ4v) is 5.05. The maximum absolute atomic E-state index is 12.7. The lowest BCUT2D eigenvalue weighted by Crippen LogP contribution is -2.45. The zero-order valence-electron chi connectivity index (χ0n) is 15.8. The lowest BCUT2D eigenvalue weighted by molar-refractivity contribution is -0.384. The molecule has 1 aromatic carbocycles. The maximum atomic E-state index is 12.7. The number of nitro groups is 1. The predicted molar refractivity (Wildman–Crippen MR) is 98.5 cm³/mol. The summed E-state index contributed by atoms with van der Waals surface area (Å²) < 4.78 is 61.2. The highest BCUT2D eigenvalue weighted by Gasteiger charge is 2.47. The Bertz CT molecular complexity index is 871. The number of rotatable bonds is 5. The molecule has 2 atom stereocenters. The van der Waals surface area contributed by atoms with Crippen molar-refractivity contribution in [1.82, 2.24) is 0 Å². The summed E-state index contributed by atoms with van der Waals surface area (Å²) in [6.45, 7) is 6.48. The third-order valence-electron chi connectivity index (χ3n) is 4.96. The van der Waals surface area contributed by atoms with Crippen molar-refractivity contribution in [3.8, 4) is 0 Å². The van der Waals surface area contributed by atoms with Crippen LogP contribution < -0.4 is 11.1 Å². The van der Waals surface area contributed by atoms with Gasteiger partial charge in [0.2, 0.25) is 0 Å². The SMILES string of the molecule is CC1(C)C[C@H](N)C[C@](C)(CNc2ccc(S(=O)(=O)C(F)(F)F)cc2[N+](=O)[O-])C1. The van der Waals surface area contributed by atoms with Gasteiger partial charge in [0.15, 0.2) is 0 Å². The Morgan fingerprint density at radius 2 is 1.89 bits per heavy atom. The van der Waals surface area contributed by atoms with Crippen LogP contribution in [0.1, 0.15) is 40.0 Å². The van der Waals surface area contributed by atoms with Gasteiger partial charge < -0.3 is 11.1 Å². The molecule has 0 heterocycles. The van der Waals surface area contributed by atoms with Gasteiger partial charge in [0.1, 0.15) is 5.69 Å². The van der Waals surface area contributed by atoms with Crippen LogP contribution in [0.2, 0.25) is 0 Å². The fourth-order valence-electron chi connectivity index (χ4n) is 4.27. The summed E-state index contributed by atoms with van der Waals surface area (Å²) in [6, 6.07) is 2.12. The van der Waals surface area contributed by atoms with Crippen molar-refractivity contribution in [3.63, 3.8) is 0 Å². The van der Waals surface area contributed by atoms with Crippen molar-refractivity contribution in [1.29, 1.82) is 0 Å². The molecule has 11 heteroatoms. The van der Waals surface area contributed by atoms with Crippen molar-refractivity contribution in [2.24, 2.45) is 16.6 Å². The molecule has 28 heavy (non-hydrogen) atoms. The Morgan fingerprint density at radius 3 is 2.39 bits per heavy atom. The largest absolute Gasteiger partial charge is 0.501 e. The van der Waals surface area contributed by atoms with Crippen molar-refractivity contribution in [3.05, 3.63) is 28.3 Å². The zero-order chi connectivity index (χ0) is 21.5. The van der Waals surface area contributed by atoms with Gasteiger partial charge in [-0.05, 0) is 42.2 Å². The molecule has 0 bridgehead atoms. The quantitative estimate of drug-likeness (QED) is 0.549. The van der Waals surface area contributed by atoms with Crippen LogP contribution in [0.25, 0.3) is 0 Å². The summed E-state index contributed by atoms with van der Waals surface area (Å²) in [5, 5.41) is 14.2. The number of sulfone groups is 1. The van der Waals surface area contributed by atoms with Crippen LogP contribution in [-0.2, 0) is 9.84 Å². The molecular formula is C17H24F3N3O4S. The first kappa shape index (κ1) is 22.4. The number of benzene rings is 1. The molecule has 1 aliphatic carbocycles. The van der Waals surface area contributed by atoms with Crippen LogP contribution in [0.4, 0.5) is 24.5 Å². The molecule has 0 radical (unpaired) electrons. The van der Waals surface area contributed by atoms with Gasteiger partial charge in [-0.1, -0.05) is 20.8 Å². The Hall–Kier alpha value is -1.88. The second-order valence-electron chi connectivity index (χ2n) is 8.56. The second-order valence-corrected chi connectivity index (χ2v) is 10.5. The third kappa shape index (κ3) is 4.75. The highest BCUT2D eigenvalue weighted by Crippen LogP contribution is 2.46. The van der Waals surface area contributed by atoms with Crippen LogP contribution in [0.5, 0.6) is 0 Å². The number of nitrogens with two attached hydrogens (primary N) is 1. The Kier molecular flexibility index (Phi) is 5.75. The number of nitrogens with zero attached hydrogens (tertiary/aromatic N) is 1. The lowest BCUT2D eigenvalue weighted by Gasteiger charge is -2.45. The summed E-state index contributed by atoms with van der Waals surface area (Å²) in [5.74, 6) is 0. The fraction of sp³-hybridized carbons (Fsp3) is 0.647. The number of nitro benzene ring substituents is 1. The summed E-state index contributed by atoms with van der Waals surface area (Å²) in [4.78, 5) is 9.24. The van der Waals surface area contributed by atoms with E-state index < -0.39 is 30.9 Å². The van der Waals surface area contributed by atoms with Crippen LogP contribution in [0.3, 0.4) is 0 Å². The Labute approximate surface area is 161 Å². The van der Waals surface area contributed by atoms with Crippen molar-refractivity contribution < 1.29 is 26.5 Å².